The van der Waals surface area contributed by atoms with Crippen LogP contribution < -0.4 is 9.47 Å². The number of allylic oxidation sites excluding steroid dienone is 1. The molecule has 1 heterocycles. The average molecular weight is 341 g/mol. The molecule has 6 nitrogen and oxygen atoms in total. The molecule has 0 unspecified atom stereocenters. The first-order valence-electron chi connectivity index (χ1n) is 7.74. The van der Waals surface area contributed by atoms with Crippen molar-refractivity contribution in [2.45, 2.75) is 6.92 Å². The second kappa shape index (κ2) is 9.22. The zero-order chi connectivity index (χ0) is 18.1. The van der Waals surface area contributed by atoms with Crippen LogP contribution >= 0.6 is 0 Å². The van der Waals surface area contributed by atoms with Crippen LogP contribution in [0.3, 0.4) is 0 Å². The lowest BCUT2D eigenvalue weighted by Crippen LogP contribution is -2.15. The van der Waals surface area contributed by atoms with E-state index in [2.05, 4.69) is 4.98 Å². The molecule has 2 aromatic rings. The van der Waals surface area contributed by atoms with Crippen LogP contribution in [0.25, 0.3) is 6.08 Å². The summed E-state index contributed by atoms with van der Waals surface area (Å²) in [4.78, 5) is 27.6. The smallest absolute Gasteiger partial charge is 0.344 e. The van der Waals surface area contributed by atoms with Gasteiger partial charge in [-0.15, -0.1) is 0 Å². The van der Waals surface area contributed by atoms with Crippen LogP contribution in [0.5, 0.6) is 11.5 Å². The van der Waals surface area contributed by atoms with E-state index in [1.165, 1.54) is 19.4 Å². The molecule has 0 amide bonds. The number of ketones is 1. The number of rotatable bonds is 8. The van der Waals surface area contributed by atoms with Crippen molar-refractivity contribution in [2.75, 3.05) is 20.3 Å². The number of pyridine rings is 1. The number of nitrogens with zero attached hydrogens (tertiary/aromatic N) is 1. The fourth-order valence-electron chi connectivity index (χ4n) is 2.00. The lowest BCUT2D eigenvalue weighted by atomic mass is 10.1. The Hall–Kier alpha value is -3.15. The van der Waals surface area contributed by atoms with E-state index < -0.39 is 5.97 Å². The summed E-state index contributed by atoms with van der Waals surface area (Å²) in [6.07, 6.45) is 4.47. The fraction of sp³-hybridized carbons (Fsp3) is 0.211. The maximum absolute atomic E-state index is 12.1. The largest absolute Gasteiger partial charge is 0.493 e. The Morgan fingerprint density at radius 1 is 1.16 bits per heavy atom. The highest BCUT2D eigenvalue weighted by molar-refractivity contribution is 6.06. The van der Waals surface area contributed by atoms with Gasteiger partial charge in [0.1, 0.15) is 0 Å². The molecular weight excluding hydrogens is 322 g/mol. The minimum absolute atomic E-state index is 0.121. The van der Waals surface area contributed by atoms with Crippen LogP contribution in [0.2, 0.25) is 0 Å². The van der Waals surface area contributed by atoms with Gasteiger partial charge in [0.25, 0.3) is 0 Å². The van der Waals surface area contributed by atoms with Gasteiger partial charge in [-0.3, -0.25) is 9.78 Å². The van der Waals surface area contributed by atoms with Gasteiger partial charge in [0.2, 0.25) is 0 Å². The maximum atomic E-state index is 12.1. The molecule has 0 fully saturated rings. The minimum Gasteiger partial charge on any atom is -0.493 e. The van der Waals surface area contributed by atoms with Gasteiger partial charge in [-0.1, -0.05) is 30.3 Å². The molecule has 0 saturated carbocycles. The van der Waals surface area contributed by atoms with Crippen molar-refractivity contribution in [3.63, 3.8) is 0 Å². The van der Waals surface area contributed by atoms with E-state index in [1.807, 2.05) is 6.07 Å². The molecule has 1 aromatic heterocycles. The van der Waals surface area contributed by atoms with Crippen LogP contribution in [0.4, 0.5) is 0 Å². The Kier molecular flexibility index (Phi) is 6.71. The molecule has 0 spiro atoms. The van der Waals surface area contributed by atoms with Gasteiger partial charge >= 0.3 is 5.97 Å². The van der Waals surface area contributed by atoms with E-state index >= 15 is 0 Å². The number of hydrogen-bond acceptors (Lipinski definition) is 6. The molecule has 0 atom stereocenters. The number of carbonyl (C=O) groups is 2. The number of benzene rings is 1. The quantitative estimate of drug-likeness (QED) is 0.417. The van der Waals surface area contributed by atoms with Crippen molar-refractivity contribution < 1.29 is 23.8 Å². The summed E-state index contributed by atoms with van der Waals surface area (Å²) in [7, 11) is 1.48. The summed E-state index contributed by atoms with van der Waals surface area (Å²) < 4.78 is 15.4. The first-order chi connectivity index (χ1) is 12.1. The predicted molar refractivity (Wildman–Crippen MR) is 92.7 cm³/mol. The molecule has 0 radical (unpaired) electrons. The monoisotopic (exact) mass is 341 g/mol. The van der Waals surface area contributed by atoms with Gasteiger partial charge in [-0.2, -0.15) is 0 Å². The Morgan fingerprint density at radius 3 is 2.60 bits per heavy atom. The van der Waals surface area contributed by atoms with E-state index in [1.54, 1.807) is 43.3 Å². The summed E-state index contributed by atoms with van der Waals surface area (Å²) in [5.74, 6) is 0.138. The number of aromatic nitrogens is 1. The third kappa shape index (κ3) is 5.46. The van der Waals surface area contributed by atoms with Crippen LogP contribution in [0.15, 0.2) is 48.7 Å². The Labute approximate surface area is 146 Å². The van der Waals surface area contributed by atoms with E-state index in [0.717, 1.165) is 0 Å². The van der Waals surface area contributed by atoms with Gasteiger partial charge in [-0.05, 0) is 19.1 Å². The number of esters is 1. The lowest BCUT2D eigenvalue weighted by molar-refractivity contribution is -0.145. The summed E-state index contributed by atoms with van der Waals surface area (Å²) in [6, 6.07) is 10.6. The van der Waals surface area contributed by atoms with Gasteiger partial charge < -0.3 is 14.2 Å². The molecule has 6 heteroatoms. The van der Waals surface area contributed by atoms with Crippen molar-refractivity contribution in [2.24, 2.45) is 0 Å². The number of methoxy groups -OCH3 is 1. The molecule has 25 heavy (non-hydrogen) atoms. The summed E-state index contributed by atoms with van der Waals surface area (Å²) in [5, 5.41) is 0. The topological polar surface area (TPSA) is 74.7 Å². The van der Waals surface area contributed by atoms with Crippen LogP contribution in [-0.4, -0.2) is 37.1 Å². The molecule has 0 bridgehead atoms. The Morgan fingerprint density at radius 2 is 1.92 bits per heavy atom. The molecule has 0 saturated heterocycles. The second-order valence-corrected chi connectivity index (χ2v) is 4.92. The first-order valence-corrected chi connectivity index (χ1v) is 7.74. The van der Waals surface area contributed by atoms with Gasteiger partial charge in [0, 0.05) is 11.6 Å². The molecule has 1 aromatic carbocycles. The highest BCUT2D eigenvalue weighted by Gasteiger charge is 2.09. The zero-order valence-corrected chi connectivity index (χ0v) is 14.1. The second-order valence-electron chi connectivity index (χ2n) is 4.92. The van der Waals surface area contributed by atoms with Crippen molar-refractivity contribution in [1.29, 1.82) is 0 Å². The highest BCUT2D eigenvalue weighted by Crippen LogP contribution is 2.26. The summed E-state index contributed by atoms with van der Waals surface area (Å²) in [6.45, 7) is 1.78. The van der Waals surface area contributed by atoms with E-state index in [9.17, 15) is 9.59 Å². The standard InChI is InChI=1S/C19H19NO5/c1-3-24-19(22)13-25-18-12-20-15(11-17(18)23-2)9-10-16(21)14-7-5-4-6-8-14/h4-12H,3,13H2,1-2H3. The third-order valence-corrected chi connectivity index (χ3v) is 3.19. The van der Waals surface area contributed by atoms with Gasteiger partial charge in [-0.25, -0.2) is 4.79 Å². The zero-order valence-electron chi connectivity index (χ0n) is 14.1. The molecular formula is C19H19NO5. The van der Waals surface area contributed by atoms with Crippen molar-refractivity contribution >= 4 is 17.8 Å². The summed E-state index contributed by atoms with van der Waals surface area (Å²) >= 11 is 0. The van der Waals surface area contributed by atoms with Crippen LogP contribution in [0, 0.1) is 0 Å². The van der Waals surface area contributed by atoms with E-state index in [4.69, 9.17) is 14.2 Å². The number of carbonyl (C=O) groups excluding carboxylic acids is 2. The van der Waals surface area contributed by atoms with Crippen molar-refractivity contribution in [3.8, 4) is 11.5 Å². The van der Waals surface area contributed by atoms with E-state index in [0.29, 0.717) is 22.8 Å². The Bertz CT molecular complexity index is 756. The molecule has 0 N–H and O–H groups in total. The fourth-order valence-corrected chi connectivity index (χ4v) is 2.00. The third-order valence-electron chi connectivity index (χ3n) is 3.19. The normalized spacial score (nSPS) is 10.5. The average Bonchev–Trinajstić information content (AvgIpc) is 2.65. The van der Waals surface area contributed by atoms with Crippen LogP contribution in [0.1, 0.15) is 23.0 Å². The van der Waals surface area contributed by atoms with Crippen LogP contribution in [-0.2, 0) is 9.53 Å². The van der Waals surface area contributed by atoms with Gasteiger partial charge in [0.15, 0.2) is 23.9 Å². The number of ether oxygens (including phenoxy) is 3. The molecule has 0 aliphatic heterocycles. The molecule has 0 aliphatic rings. The summed E-state index contributed by atoms with van der Waals surface area (Å²) in [5.41, 5.74) is 1.13. The maximum Gasteiger partial charge on any atom is 0.344 e. The molecule has 0 aliphatic carbocycles. The van der Waals surface area contributed by atoms with Crippen molar-refractivity contribution in [3.05, 3.63) is 59.9 Å². The molecule has 2 rings (SSSR count). The van der Waals surface area contributed by atoms with Gasteiger partial charge in [0.05, 0.1) is 25.6 Å². The highest BCUT2D eigenvalue weighted by atomic mass is 16.6. The molecule has 130 valence electrons. The SMILES string of the molecule is CCOC(=O)COc1cnc(C=CC(=O)c2ccccc2)cc1OC. The Balaban J connectivity index is 2.06. The van der Waals surface area contributed by atoms with E-state index in [-0.39, 0.29) is 19.0 Å². The first kappa shape index (κ1) is 18.2. The number of hydrogen-bond donors (Lipinski definition) is 0. The minimum atomic E-state index is -0.470. The van der Waals surface area contributed by atoms with Crippen molar-refractivity contribution in [1.82, 2.24) is 4.98 Å². The predicted octanol–water partition coefficient (Wildman–Crippen LogP) is 2.93. The lowest BCUT2D eigenvalue weighted by Gasteiger charge is -2.10.